The number of hydrogen-bond acceptors (Lipinski definition) is 2. The van der Waals surface area contributed by atoms with Gasteiger partial charge in [0, 0.05) is 6.54 Å². The molecule has 2 nitrogen and oxygen atoms in total. The van der Waals surface area contributed by atoms with Crippen LogP contribution in [0, 0.1) is 11.8 Å². The second-order valence-electron chi connectivity index (χ2n) is 4.78. The Kier molecular flexibility index (Phi) is 5.49. The van der Waals surface area contributed by atoms with Crippen LogP contribution >= 0.6 is 0 Å². The molecule has 0 spiro atoms. The lowest BCUT2D eigenvalue weighted by Crippen LogP contribution is -2.35. The van der Waals surface area contributed by atoms with Crippen LogP contribution in [0.2, 0.25) is 0 Å². The summed E-state index contributed by atoms with van der Waals surface area (Å²) in [5.41, 5.74) is 0. The molecule has 84 valence electrons. The van der Waals surface area contributed by atoms with Crippen molar-refractivity contribution in [2.75, 3.05) is 13.1 Å². The molecule has 0 aromatic carbocycles. The number of hydrogen-bond donors (Lipinski definition) is 2. The molecule has 0 saturated heterocycles. The van der Waals surface area contributed by atoms with E-state index in [-0.39, 0.29) is 6.10 Å². The molecule has 1 aliphatic carbocycles. The van der Waals surface area contributed by atoms with Gasteiger partial charge in [-0.3, -0.25) is 0 Å². The van der Waals surface area contributed by atoms with E-state index in [9.17, 15) is 5.11 Å². The molecule has 0 aromatic rings. The summed E-state index contributed by atoms with van der Waals surface area (Å²) in [6.07, 6.45) is 5.91. The molecule has 0 radical (unpaired) electrons. The van der Waals surface area contributed by atoms with Gasteiger partial charge in [-0.15, -0.1) is 0 Å². The monoisotopic (exact) mass is 199 g/mol. The zero-order valence-electron chi connectivity index (χ0n) is 9.63. The number of aliphatic hydroxyl groups excluding tert-OH is 1. The largest absolute Gasteiger partial charge is 0.393 e. The number of aliphatic hydroxyl groups is 1. The Morgan fingerprint density at radius 1 is 1.36 bits per heavy atom. The third kappa shape index (κ3) is 3.97. The lowest BCUT2D eigenvalue weighted by molar-refractivity contribution is 0.0692. The van der Waals surface area contributed by atoms with Gasteiger partial charge in [-0.1, -0.05) is 33.1 Å². The minimum Gasteiger partial charge on any atom is -0.393 e. The summed E-state index contributed by atoms with van der Waals surface area (Å²) < 4.78 is 0. The quantitative estimate of drug-likeness (QED) is 0.711. The highest BCUT2D eigenvalue weighted by atomic mass is 16.3. The fourth-order valence-electron chi connectivity index (χ4n) is 2.09. The van der Waals surface area contributed by atoms with Gasteiger partial charge < -0.3 is 10.4 Å². The summed E-state index contributed by atoms with van der Waals surface area (Å²) in [4.78, 5) is 0. The first-order valence-corrected chi connectivity index (χ1v) is 6.12. The smallest absolute Gasteiger partial charge is 0.0580 e. The fraction of sp³-hybridized carbons (Fsp3) is 1.00. The van der Waals surface area contributed by atoms with Gasteiger partial charge in [0.2, 0.25) is 0 Å². The standard InChI is InChI=1S/C12H25NO/c1-3-10(2)8-13-9-11-6-4-5-7-12(11)14/h10-14H,3-9H2,1-2H3. The predicted octanol–water partition coefficient (Wildman–Crippen LogP) is 2.17. The molecule has 0 amide bonds. The SMILES string of the molecule is CCC(C)CNCC1CCCCC1O. The average molecular weight is 199 g/mol. The lowest BCUT2D eigenvalue weighted by Gasteiger charge is -2.28. The highest BCUT2D eigenvalue weighted by Gasteiger charge is 2.22. The van der Waals surface area contributed by atoms with Crippen LogP contribution in [0.1, 0.15) is 46.0 Å². The van der Waals surface area contributed by atoms with E-state index in [0.717, 1.165) is 25.4 Å². The third-order valence-electron chi connectivity index (χ3n) is 3.47. The fourth-order valence-corrected chi connectivity index (χ4v) is 2.09. The van der Waals surface area contributed by atoms with Crippen LogP contribution in [0.4, 0.5) is 0 Å². The van der Waals surface area contributed by atoms with Gasteiger partial charge in [0.25, 0.3) is 0 Å². The Bertz CT molecular complexity index is 149. The molecule has 3 unspecified atom stereocenters. The van der Waals surface area contributed by atoms with E-state index in [1.807, 2.05) is 0 Å². The highest BCUT2D eigenvalue weighted by molar-refractivity contribution is 4.76. The van der Waals surface area contributed by atoms with Crippen molar-refractivity contribution >= 4 is 0 Å². The lowest BCUT2D eigenvalue weighted by atomic mass is 9.86. The second kappa shape index (κ2) is 6.41. The van der Waals surface area contributed by atoms with E-state index in [0.29, 0.717) is 5.92 Å². The van der Waals surface area contributed by atoms with E-state index in [2.05, 4.69) is 19.2 Å². The molecule has 14 heavy (non-hydrogen) atoms. The van der Waals surface area contributed by atoms with Crippen molar-refractivity contribution in [3.05, 3.63) is 0 Å². The summed E-state index contributed by atoms with van der Waals surface area (Å²) in [7, 11) is 0. The molecule has 0 aliphatic heterocycles. The zero-order chi connectivity index (χ0) is 10.4. The molecule has 1 rings (SSSR count). The van der Waals surface area contributed by atoms with Gasteiger partial charge in [0.15, 0.2) is 0 Å². The van der Waals surface area contributed by atoms with Crippen LogP contribution in [-0.2, 0) is 0 Å². The van der Waals surface area contributed by atoms with Gasteiger partial charge >= 0.3 is 0 Å². The molecule has 1 fully saturated rings. The van der Waals surface area contributed by atoms with Crippen molar-refractivity contribution in [3.63, 3.8) is 0 Å². The first kappa shape index (κ1) is 12.0. The number of rotatable bonds is 5. The van der Waals surface area contributed by atoms with Crippen molar-refractivity contribution in [3.8, 4) is 0 Å². The maximum Gasteiger partial charge on any atom is 0.0580 e. The first-order valence-electron chi connectivity index (χ1n) is 6.12. The normalized spacial score (nSPS) is 30.2. The summed E-state index contributed by atoms with van der Waals surface area (Å²) >= 11 is 0. The van der Waals surface area contributed by atoms with Crippen LogP contribution in [0.5, 0.6) is 0 Å². The van der Waals surface area contributed by atoms with Crippen molar-refractivity contribution < 1.29 is 5.11 Å². The highest BCUT2D eigenvalue weighted by Crippen LogP contribution is 2.23. The molecule has 3 atom stereocenters. The second-order valence-corrected chi connectivity index (χ2v) is 4.78. The summed E-state index contributed by atoms with van der Waals surface area (Å²) in [6, 6.07) is 0. The number of nitrogens with one attached hydrogen (secondary N) is 1. The molecule has 1 aliphatic rings. The maximum atomic E-state index is 9.75. The van der Waals surface area contributed by atoms with E-state index >= 15 is 0 Å². The minimum absolute atomic E-state index is 0.0480. The maximum absolute atomic E-state index is 9.75. The third-order valence-corrected chi connectivity index (χ3v) is 3.47. The summed E-state index contributed by atoms with van der Waals surface area (Å²) in [5, 5.41) is 13.2. The molecule has 0 bridgehead atoms. The van der Waals surface area contributed by atoms with Gasteiger partial charge in [-0.2, -0.15) is 0 Å². The first-order chi connectivity index (χ1) is 6.74. The van der Waals surface area contributed by atoms with Gasteiger partial charge in [-0.05, 0) is 31.2 Å². The molecular formula is C12H25NO. The Hall–Kier alpha value is -0.0800. The Morgan fingerprint density at radius 2 is 2.07 bits per heavy atom. The van der Waals surface area contributed by atoms with Crippen molar-refractivity contribution in [1.82, 2.24) is 5.32 Å². The van der Waals surface area contributed by atoms with Crippen LogP contribution in [0.25, 0.3) is 0 Å². The summed E-state index contributed by atoms with van der Waals surface area (Å²) in [5.74, 6) is 1.27. The predicted molar refractivity (Wildman–Crippen MR) is 60.3 cm³/mol. The van der Waals surface area contributed by atoms with E-state index < -0.39 is 0 Å². The van der Waals surface area contributed by atoms with Crippen molar-refractivity contribution in [2.45, 2.75) is 52.1 Å². The van der Waals surface area contributed by atoms with Gasteiger partial charge in [0.1, 0.15) is 0 Å². The Labute approximate surface area is 88.1 Å². The van der Waals surface area contributed by atoms with E-state index in [1.165, 1.54) is 25.7 Å². The van der Waals surface area contributed by atoms with Crippen LogP contribution < -0.4 is 5.32 Å². The Morgan fingerprint density at radius 3 is 2.71 bits per heavy atom. The van der Waals surface area contributed by atoms with Crippen LogP contribution in [-0.4, -0.2) is 24.3 Å². The topological polar surface area (TPSA) is 32.3 Å². The summed E-state index contributed by atoms with van der Waals surface area (Å²) in [6.45, 7) is 6.59. The van der Waals surface area contributed by atoms with Crippen LogP contribution in [0.15, 0.2) is 0 Å². The average Bonchev–Trinajstić information content (AvgIpc) is 2.20. The molecule has 2 heteroatoms. The molecule has 0 aromatic heterocycles. The molecule has 0 heterocycles. The zero-order valence-corrected chi connectivity index (χ0v) is 9.63. The molecular weight excluding hydrogens is 174 g/mol. The van der Waals surface area contributed by atoms with Crippen molar-refractivity contribution in [2.24, 2.45) is 11.8 Å². The van der Waals surface area contributed by atoms with E-state index in [1.54, 1.807) is 0 Å². The molecule has 2 N–H and O–H groups in total. The van der Waals surface area contributed by atoms with Crippen LogP contribution in [0.3, 0.4) is 0 Å². The van der Waals surface area contributed by atoms with Gasteiger partial charge in [0.05, 0.1) is 6.10 Å². The van der Waals surface area contributed by atoms with Crippen molar-refractivity contribution in [1.29, 1.82) is 0 Å². The Balaban J connectivity index is 2.10. The molecule has 1 saturated carbocycles. The minimum atomic E-state index is -0.0480. The van der Waals surface area contributed by atoms with Gasteiger partial charge in [-0.25, -0.2) is 0 Å². The van der Waals surface area contributed by atoms with E-state index in [4.69, 9.17) is 0 Å².